The van der Waals surface area contributed by atoms with E-state index < -0.39 is 0 Å². The van der Waals surface area contributed by atoms with Gasteiger partial charge < -0.3 is 4.74 Å². The van der Waals surface area contributed by atoms with Crippen molar-refractivity contribution in [3.8, 4) is 0 Å². The maximum atomic E-state index is 11.7. The molecule has 2 aromatic heterocycles. The van der Waals surface area contributed by atoms with Gasteiger partial charge in [0.25, 0.3) is 0 Å². The SMILES string of the molecule is CCOC(=O)c1cnc2c(C)csc2c1C. The monoisotopic (exact) mass is 235 g/mol. The lowest BCUT2D eigenvalue weighted by Crippen LogP contribution is -2.07. The Morgan fingerprint density at radius 3 is 2.94 bits per heavy atom. The molecule has 0 bridgehead atoms. The van der Waals surface area contributed by atoms with E-state index in [2.05, 4.69) is 10.4 Å². The molecule has 2 rings (SSSR count). The number of esters is 1. The van der Waals surface area contributed by atoms with Crippen LogP contribution in [0.2, 0.25) is 0 Å². The number of fused-ring (bicyclic) bond motifs is 1. The summed E-state index contributed by atoms with van der Waals surface area (Å²) >= 11 is 1.62. The van der Waals surface area contributed by atoms with Crippen LogP contribution in [-0.4, -0.2) is 17.6 Å². The molecule has 0 unspecified atom stereocenters. The molecule has 0 N–H and O–H groups in total. The molecule has 4 heteroatoms. The lowest BCUT2D eigenvalue weighted by Gasteiger charge is -2.05. The van der Waals surface area contributed by atoms with Gasteiger partial charge in [0.2, 0.25) is 0 Å². The van der Waals surface area contributed by atoms with E-state index in [4.69, 9.17) is 4.74 Å². The van der Waals surface area contributed by atoms with Crippen molar-refractivity contribution in [3.63, 3.8) is 0 Å². The maximum Gasteiger partial charge on any atom is 0.340 e. The second-order valence-electron chi connectivity index (χ2n) is 3.61. The molecule has 16 heavy (non-hydrogen) atoms. The van der Waals surface area contributed by atoms with Crippen LogP contribution < -0.4 is 0 Å². The number of hydrogen-bond acceptors (Lipinski definition) is 4. The van der Waals surface area contributed by atoms with Crippen LogP contribution in [0.5, 0.6) is 0 Å². The molecule has 2 aromatic rings. The van der Waals surface area contributed by atoms with Gasteiger partial charge in [0.05, 0.1) is 22.4 Å². The Morgan fingerprint density at radius 1 is 1.50 bits per heavy atom. The Kier molecular flexibility index (Phi) is 2.92. The Labute approximate surface area is 98.1 Å². The van der Waals surface area contributed by atoms with Crippen molar-refractivity contribution in [2.24, 2.45) is 0 Å². The summed E-state index contributed by atoms with van der Waals surface area (Å²) < 4.78 is 6.06. The fourth-order valence-electron chi connectivity index (χ4n) is 1.63. The van der Waals surface area contributed by atoms with Crippen LogP contribution in [-0.2, 0) is 4.74 Å². The van der Waals surface area contributed by atoms with Gasteiger partial charge in [0.15, 0.2) is 0 Å². The number of pyridine rings is 1. The highest BCUT2D eigenvalue weighted by Gasteiger charge is 2.14. The van der Waals surface area contributed by atoms with Crippen LogP contribution in [0.1, 0.15) is 28.4 Å². The predicted octanol–water partition coefficient (Wildman–Crippen LogP) is 3.09. The van der Waals surface area contributed by atoms with Crippen LogP contribution >= 0.6 is 11.3 Å². The van der Waals surface area contributed by atoms with Crippen molar-refractivity contribution in [3.05, 3.63) is 28.3 Å². The lowest BCUT2D eigenvalue weighted by atomic mass is 10.1. The third-order valence-electron chi connectivity index (χ3n) is 2.50. The molecule has 0 fully saturated rings. The molecule has 84 valence electrons. The highest BCUT2D eigenvalue weighted by molar-refractivity contribution is 7.17. The van der Waals surface area contributed by atoms with Crippen LogP contribution in [0.4, 0.5) is 0 Å². The summed E-state index contributed by atoms with van der Waals surface area (Å²) in [4.78, 5) is 16.0. The van der Waals surface area contributed by atoms with E-state index in [9.17, 15) is 4.79 Å². The second kappa shape index (κ2) is 4.22. The maximum absolute atomic E-state index is 11.7. The van der Waals surface area contributed by atoms with Crippen LogP contribution in [0.15, 0.2) is 11.6 Å². The number of aromatic nitrogens is 1. The summed E-state index contributed by atoms with van der Waals surface area (Å²) in [5.41, 5.74) is 3.66. The predicted molar refractivity (Wildman–Crippen MR) is 65.1 cm³/mol. The summed E-state index contributed by atoms with van der Waals surface area (Å²) in [6, 6.07) is 0. The highest BCUT2D eigenvalue weighted by atomic mass is 32.1. The number of hydrogen-bond donors (Lipinski definition) is 0. The van der Waals surface area contributed by atoms with Gasteiger partial charge in [0.1, 0.15) is 0 Å². The summed E-state index contributed by atoms with van der Waals surface area (Å²) in [5.74, 6) is -0.291. The zero-order valence-electron chi connectivity index (χ0n) is 9.53. The van der Waals surface area contributed by atoms with Crippen molar-refractivity contribution < 1.29 is 9.53 Å². The van der Waals surface area contributed by atoms with Crippen molar-refractivity contribution in [1.82, 2.24) is 4.98 Å². The van der Waals surface area contributed by atoms with Gasteiger partial charge in [-0.3, -0.25) is 4.98 Å². The molecule has 0 spiro atoms. The van der Waals surface area contributed by atoms with Crippen molar-refractivity contribution in [1.29, 1.82) is 0 Å². The molecule has 0 saturated heterocycles. The molecule has 0 aliphatic heterocycles. The van der Waals surface area contributed by atoms with Crippen LogP contribution in [0.25, 0.3) is 10.2 Å². The van der Waals surface area contributed by atoms with Gasteiger partial charge in [-0.05, 0) is 37.3 Å². The summed E-state index contributed by atoms with van der Waals surface area (Å²) in [7, 11) is 0. The van der Waals surface area contributed by atoms with Crippen molar-refractivity contribution in [2.45, 2.75) is 20.8 Å². The standard InChI is InChI=1S/C12H13NO2S/c1-4-15-12(14)9-5-13-10-7(2)6-16-11(10)8(9)3/h5-6H,4H2,1-3H3. The van der Waals surface area contributed by atoms with E-state index >= 15 is 0 Å². The first kappa shape index (κ1) is 11.1. The number of carbonyl (C=O) groups is 1. The van der Waals surface area contributed by atoms with Gasteiger partial charge in [-0.25, -0.2) is 4.79 Å². The molecule has 0 atom stereocenters. The Morgan fingerprint density at radius 2 is 2.25 bits per heavy atom. The van der Waals surface area contributed by atoms with E-state index in [1.165, 1.54) is 0 Å². The highest BCUT2D eigenvalue weighted by Crippen LogP contribution is 2.28. The zero-order valence-corrected chi connectivity index (χ0v) is 10.4. The first-order chi connectivity index (χ1) is 7.65. The zero-order chi connectivity index (χ0) is 11.7. The molecule has 0 amide bonds. The number of aryl methyl sites for hydroxylation is 2. The first-order valence-corrected chi connectivity index (χ1v) is 6.03. The molecule has 0 radical (unpaired) electrons. The van der Waals surface area contributed by atoms with E-state index in [0.29, 0.717) is 12.2 Å². The van der Waals surface area contributed by atoms with Gasteiger partial charge in [0, 0.05) is 6.20 Å². The third-order valence-corrected chi connectivity index (χ3v) is 3.71. The Bertz CT molecular complexity index is 545. The molecule has 0 aliphatic carbocycles. The van der Waals surface area contributed by atoms with Crippen LogP contribution in [0.3, 0.4) is 0 Å². The third kappa shape index (κ3) is 1.69. The van der Waals surface area contributed by atoms with Crippen molar-refractivity contribution >= 4 is 27.5 Å². The fraction of sp³-hybridized carbons (Fsp3) is 0.333. The van der Waals surface area contributed by atoms with Crippen LogP contribution in [0, 0.1) is 13.8 Å². The van der Waals surface area contributed by atoms with E-state index in [1.54, 1.807) is 24.5 Å². The molecular formula is C12H13NO2S. The van der Waals surface area contributed by atoms with Crippen molar-refractivity contribution in [2.75, 3.05) is 6.61 Å². The minimum Gasteiger partial charge on any atom is -0.462 e. The number of thiophene rings is 1. The summed E-state index contributed by atoms with van der Waals surface area (Å²) in [6.07, 6.45) is 1.61. The normalized spacial score (nSPS) is 10.7. The molecule has 0 aliphatic rings. The average molecular weight is 235 g/mol. The molecule has 2 heterocycles. The first-order valence-electron chi connectivity index (χ1n) is 5.15. The van der Waals surface area contributed by atoms with Gasteiger partial charge in [-0.2, -0.15) is 0 Å². The molecule has 3 nitrogen and oxygen atoms in total. The minimum atomic E-state index is -0.291. The summed E-state index contributed by atoms with van der Waals surface area (Å²) in [6.45, 7) is 6.15. The quantitative estimate of drug-likeness (QED) is 0.751. The Hall–Kier alpha value is -1.42. The van der Waals surface area contributed by atoms with Gasteiger partial charge >= 0.3 is 5.97 Å². The topological polar surface area (TPSA) is 39.2 Å². The smallest absolute Gasteiger partial charge is 0.340 e. The number of rotatable bonds is 2. The number of ether oxygens (including phenoxy) is 1. The Balaban J connectivity index is 2.56. The largest absolute Gasteiger partial charge is 0.462 e. The van der Waals surface area contributed by atoms with E-state index in [1.807, 2.05) is 13.8 Å². The average Bonchev–Trinajstić information content (AvgIpc) is 2.62. The molecule has 0 saturated carbocycles. The summed E-state index contributed by atoms with van der Waals surface area (Å²) in [5, 5.41) is 2.06. The van der Waals surface area contributed by atoms with E-state index in [0.717, 1.165) is 21.3 Å². The van der Waals surface area contributed by atoms with Gasteiger partial charge in [-0.15, -0.1) is 11.3 Å². The number of carbonyl (C=O) groups excluding carboxylic acids is 1. The van der Waals surface area contributed by atoms with E-state index in [-0.39, 0.29) is 5.97 Å². The van der Waals surface area contributed by atoms with Gasteiger partial charge in [-0.1, -0.05) is 0 Å². The fourth-order valence-corrected chi connectivity index (χ4v) is 2.65. The minimum absolute atomic E-state index is 0.291. The number of nitrogens with zero attached hydrogens (tertiary/aromatic N) is 1. The molecular weight excluding hydrogens is 222 g/mol. The second-order valence-corrected chi connectivity index (χ2v) is 4.49. The molecule has 0 aromatic carbocycles. The lowest BCUT2D eigenvalue weighted by molar-refractivity contribution is 0.0525.